The second kappa shape index (κ2) is 10.6. The maximum Gasteiger partial charge on any atom is 0.164 e. The zero-order chi connectivity index (χ0) is 31.6. The summed E-state index contributed by atoms with van der Waals surface area (Å²) < 4.78 is 9.24. The summed E-state index contributed by atoms with van der Waals surface area (Å²) >= 11 is 0. The van der Waals surface area contributed by atoms with Crippen LogP contribution in [0.1, 0.15) is 11.5 Å². The minimum atomic E-state index is -0.0326. The van der Waals surface area contributed by atoms with Gasteiger partial charge in [0.15, 0.2) is 17.5 Å². The van der Waals surface area contributed by atoms with Crippen molar-refractivity contribution >= 4 is 32.6 Å². The number of allylic oxidation sites excluding steroid dienone is 2. The monoisotopic (exact) mass is 616 g/mol. The molecule has 0 radical (unpaired) electrons. The summed E-state index contributed by atoms with van der Waals surface area (Å²) in [6.07, 6.45) is 8.65. The molecule has 1 aliphatic carbocycles. The second-order valence-electron chi connectivity index (χ2n) is 12.3. The first-order valence-electron chi connectivity index (χ1n) is 16.3. The topological polar surface area (TPSA) is 52.8 Å². The summed E-state index contributed by atoms with van der Waals surface area (Å²) in [6.45, 7) is 0. The third-order valence-electron chi connectivity index (χ3n) is 9.56. The van der Waals surface area contributed by atoms with Crippen LogP contribution in [0.3, 0.4) is 0 Å². The predicted octanol–water partition coefficient (Wildman–Crippen LogP) is 10.1. The normalized spacial score (nSPS) is 16.3. The maximum absolute atomic E-state index is 6.88. The van der Waals surface area contributed by atoms with Gasteiger partial charge >= 0.3 is 0 Å². The Morgan fingerprint density at radius 2 is 1.10 bits per heavy atom. The van der Waals surface area contributed by atoms with Crippen molar-refractivity contribution in [1.82, 2.24) is 19.5 Å². The Hall–Kier alpha value is -6.33. The first-order chi connectivity index (χ1) is 23.8. The van der Waals surface area contributed by atoms with Crippen LogP contribution < -0.4 is 4.74 Å². The molecule has 2 unspecified atom stereocenters. The van der Waals surface area contributed by atoms with E-state index in [0.29, 0.717) is 17.5 Å². The van der Waals surface area contributed by atoms with E-state index in [9.17, 15) is 0 Å². The molecular weight excluding hydrogens is 589 g/mol. The van der Waals surface area contributed by atoms with Gasteiger partial charge in [-0.1, -0.05) is 121 Å². The van der Waals surface area contributed by atoms with Gasteiger partial charge in [-0.15, -0.1) is 0 Å². The molecule has 0 fully saturated rings. The van der Waals surface area contributed by atoms with E-state index in [1.165, 1.54) is 16.3 Å². The molecule has 0 saturated carbocycles. The highest BCUT2D eigenvalue weighted by Crippen LogP contribution is 2.52. The lowest BCUT2D eigenvalue weighted by Gasteiger charge is -2.14. The van der Waals surface area contributed by atoms with Crippen LogP contribution in [0.2, 0.25) is 0 Å². The molecule has 1 aliphatic heterocycles. The molecule has 2 aliphatic rings. The van der Waals surface area contributed by atoms with Gasteiger partial charge in [-0.2, -0.15) is 0 Å². The van der Waals surface area contributed by atoms with Crippen molar-refractivity contribution in [2.75, 3.05) is 0 Å². The molecule has 5 nitrogen and oxygen atoms in total. The fourth-order valence-corrected chi connectivity index (χ4v) is 7.43. The van der Waals surface area contributed by atoms with Crippen LogP contribution in [0.5, 0.6) is 5.75 Å². The number of fused-ring (bicyclic) bond motifs is 10. The van der Waals surface area contributed by atoms with Gasteiger partial charge in [-0.3, -0.25) is 0 Å². The quantitative estimate of drug-likeness (QED) is 0.197. The Balaban J connectivity index is 1.29. The molecular formula is C43H28N4O. The molecule has 0 saturated heterocycles. The van der Waals surface area contributed by atoms with Gasteiger partial charge in [0.25, 0.3) is 0 Å². The minimum Gasteiger partial charge on any atom is -0.483 e. The Bertz CT molecular complexity index is 2530. The largest absolute Gasteiger partial charge is 0.483 e. The van der Waals surface area contributed by atoms with Crippen molar-refractivity contribution in [2.24, 2.45) is 0 Å². The molecule has 0 N–H and O–H groups in total. The van der Waals surface area contributed by atoms with E-state index in [-0.39, 0.29) is 12.0 Å². The molecule has 226 valence electrons. The molecule has 2 atom stereocenters. The number of ether oxygens (including phenoxy) is 1. The van der Waals surface area contributed by atoms with Crippen molar-refractivity contribution in [3.63, 3.8) is 0 Å². The number of hydrogen-bond acceptors (Lipinski definition) is 4. The van der Waals surface area contributed by atoms with Crippen LogP contribution in [0.15, 0.2) is 158 Å². The summed E-state index contributed by atoms with van der Waals surface area (Å²) in [7, 11) is 0. The van der Waals surface area contributed by atoms with E-state index >= 15 is 0 Å². The summed E-state index contributed by atoms with van der Waals surface area (Å²) in [5.41, 5.74) is 7.35. The Morgan fingerprint density at radius 3 is 1.79 bits per heavy atom. The van der Waals surface area contributed by atoms with Crippen molar-refractivity contribution in [2.45, 2.75) is 12.0 Å². The number of aromatic nitrogens is 4. The maximum atomic E-state index is 6.88. The average Bonchev–Trinajstić information content (AvgIpc) is 3.72. The highest BCUT2D eigenvalue weighted by atomic mass is 16.5. The lowest BCUT2D eigenvalue weighted by Crippen LogP contribution is -2.15. The summed E-state index contributed by atoms with van der Waals surface area (Å²) in [5, 5.41) is 4.72. The number of benzene rings is 6. The number of nitrogens with zero attached hydrogens (tertiary/aromatic N) is 4. The van der Waals surface area contributed by atoms with Crippen LogP contribution in [0, 0.1) is 0 Å². The zero-order valence-corrected chi connectivity index (χ0v) is 25.9. The fourth-order valence-electron chi connectivity index (χ4n) is 7.43. The van der Waals surface area contributed by atoms with Crippen LogP contribution >= 0.6 is 0 Å². The predicted molar refractivity (Wildman–Crippen MR) is 193 cm³/mol. The third kappa shape index (κ3) is 4.07. The fraction of sp³-hybridized carbons (Fsp3) is 0.0465. The van der Waals surface area contributed by atoms with Gasteiger partial charge in [-0.05, 0) is 47.2 Å². The Labute approximate surface area is 277 Å². The van der Waals surface area contributed by atoms with Gasteiger partial charge in [0, 0.05) is 44.6 Å². The van der Waals surface area contributed by atoms with Gasteiger partial charge in [-0.25, -0.2) is 15.0 Å². The molecule has 3 heterocycles. The molecule has 5 heteroatoms. The highest BCUT2D eigenvalue weighted by molar-refractivity contribution is 6.25. The second-order valence-corrected chi connectivity index (χ2v) is 12.3. The number of rotatable bonds is 4. The van der Waals surface area contributed by atoms with E-state index in [4.69, 9.17) is 19.7 Å². The molecule has 48 heavy (non-hydrogen) atoms. The van der Waals surface area contributed by atoms with Crippen molar-refractivity contribution in [3.05, 3.63) is 163 Å². The first-order valence-corrected chi connectivity index (χ1v) is 16.3. The van der Waals surface area contributed by atoms with Crippen molar-refractivity contribution in [3.8, 4) is 45.6 Å². The Kier molecular flexibility index (Phi) is 5.93. The molecule has 8 aromatic rings. The van der Waals surface area contributed by atoms with E-state index in [1.54, 1.807) is 0 Å². The van der Waals surface area contributed by atoms with Crippen LogP contribution in [-0.2, 0) is 0 Å². The standard InChI is InChI=1S/C43H28N4O/c1-4-14-27(15-5-1)41-44-42(28-16-6-2-7-17-28)46-43(45-41)29-24-25-35-34(26-29)37-31-20-10-11-21-32(31)38-33-22-12-13-23-36(33)48-40(38)39(37)47(35)30-18-8-3-9-19-30/h1-26,33,36H. The number of para-hydroxylation sites is 1. The SMILES string of the molecule is C1=CC2Oc3c(c4ccccc4c4c5cc(-c6nc(-c7ccccc7)nc(-c7ccccc7)n6)ccc5n(-c5ccccc5)c34)C2C=C1. The summed E-state index contributed by atoms with van der Waals surface area (Å²) in [6, 6.07) is 46.2. The minimum absolute atomic E-state index is 0.0326. The lowest BCUT2D eigenvalue weighted by molar-refractivity contribution is 0.271. The van der Waals surface area contributed by atoms with Gasteiger partial charge in [0.2, 0.25) is 0 Å². The highest BCUT2D eigenvalue weighted by Gasteiger charge is 2.37. The average molecular weight is 617 g/mol. The zero-order valence-electron chi connectivity index (χ0n) is 25.9. The third-order valence-corrected chi connectivity index (χ3v) is 9.56. The molecule has 10 rings (SSSR count). The Morgan fingerprint density at radius 1 is 0.521 bits per heavy atom. The van der Waals surface area contributed by atoms with Crippen LogP contribution in [0.4, 0.5) is 0 Å². The van der Waals surface area contributed by atoms with Gasteiger partial charge in [0.1, 0.15) is 11.9 Å². The van der Waals surface area contributed by atoms with E-state index in [0.717, 1.165) is 49.9 Å². The van der Waals surface area contributed by atoms with E-state index < -0.39 is 0 Å². The first kappa shape index (κ1) is 26.8. The van der Waals surface area contributed by atoms with Crippen LogP contribution in [0.25, 0.3) is 72.4 Å². The molecule has 2 aromatic heterocycles. The lowest BCUT2D eigenvalue weighted by atomic mass is 9.87. The van der Waals surface area contributed by atoms with Crippen LogP contribution in [-0.4, -0.2) is 25.6 Å². The van der Waals surface area contributed by atoms with Gasteiger partial charge < -0.3 is 9.30 Å². The molecule has 0 bridgehead atoms. The van der Waals surface area contributed by atoms with E-state index in [2.05, 4.69) is 102 Å². The molecule has 0 amide bonds. The van der Waals surface area contributed by atoms with Crippen molar-refractivity contribution < 1.29 is 4.74 Å². The van der Waals surface area contributed by atoms with Crippen molar-refractivity contribution in [1.29, 1.82) is 0 Å². The number of hydrogen-bond donors (Lipinski definition) is 0. The molecule has 0 spiro atoms. The summed E-state index contributed by atoms with van der Waals surface area (Å²) in [5.74, 6) is 3.04. The van der Waals surface area contributed by atoms with E-state index in [1.807, 2.05) is 60.7 Å². The smallest absolute Gasteiger partial charge is 0.164 e. The molecule has 6 aromatic carbocycles. The summed E-state index contributed by atoms with van der Waals surface area (Å²) in [4.78, 5) is 15.0. The van der Waals surface area contributed by atoms with Gasteiger partial charge in [0.05, 0.1) is 11.0 Å².